The van der Waals surface area contributed by atoms with Gasteiger partial charge in [-0.2, -0.15) is 0 Å². The summed E-state index contributed by atoms with van der Waals surface area (Å²) in [5.41, 5.74) is 0. The Morgan fingerprint density at radius 2 is 0.714 bits per heavy atom. The van der Waals surface area contributed by atoms with Crippen LogP contribution in [0.5, 0.6) is 0 Å². The molecular weight excluding hydrogens is 705 g/mol. The predicted molar refractivity (Wildman–Crippen MR) is 181 cm³/mol. The van der Waals surface area contributed by atoms with Crippen LogP contribution in [0.15, 0.2) is 0 Å². The highest BCUT2D eigenvalue weighted by atomic mass is 31.2. The minimum absolute atomic E-state index is 0.146. The lowest BCUT2D eigenvalue weighted by Crippen LogP contribution is -2.76. The van der Waals surface area contributed by atoms with Crippen LogP contribution in [0.4, 0.5) is 0 Å². The minimum atomic E-state index is -4.25. The average molecular weight is 767 g/mol. The number of phosphoric acid groups is 3. The average Bonchev–Trinajstić information content (AvgIpc) is 3.10. The summed E-state index contributed by atoms with van der Waals surface area (Å²) in [6, 6.07) is 0. The zero-order valence-electron chi connectivity index (χ0n) is 30.2. The van der Waals surface area contributed by atoms with E-state index in [2.05, 4.69) is 13.8 Å². The molecule has 0 amide bonds. The van der Waals surface area contributed by atoms with Gasteiger partial charge in [0.1, 0.15) is 36.6 Å². The molecule has 0 radical (unpaired) electrons. The first-order valence-corrected chi connectivity index (χ1v) is 22.3. The Balaban J connectivity index is 1.75. The van der Waals surface area contributed by atoms with Crippen molar-refractivity contribution in [2.24, 2.45) is 0 Å². The Morgan fingerprint density at radius 1 is 0.429 bits per heavy atom. The molecule has 4 bridgehead atoms. The highest BCUT2D eigenvalue weighted by molar-refractivity contribution is 7.49. The molecule has 4 fully saturated rings. The van der Waals surface area contributed by atoms with Gasteiger partial charge in [-0.15, -0.1) is 0 Å². The fourth-order valence-electron chi connectivity index (χ4n) is 6.12. The third-order valence-corrected chi connectivity index (χ3v) is 13.2. The standard InChI is InChI=1S/C31H61O15P3/c1-7-9-11-13-15-17-19-21-23-39-49(34,40-24-22-20-18-16-14-12-10-8-2)46-30-26-28(44-47(32,35-3)36-4)25-29(45-48(33,37-5)38-6)27(30)43-31(41-25)42-26/h25-31H,7-24H2,1-6H3/t25?,26-,27+,28-,29-,30?,31?/m0/s1. The lowest BCUT2D eigenvalue weighted by atomic mass is 9.83. The van der Waals surface area contributed by atoms with E-state index in [0.717, 1.165) is 67.0 Å². The molecular formula is C31H61O15P3. The van der Waals surface area contributed by atoms with Crippen molar-refractivity contribution in [3.63, 3.8) is 0 Å². The second-order valence-electron chi connectivity index (χ2n) is 12.5. The van der Waals surface area contributed by atoms with Crippen LogP contribution in [-0.2, 0) is 68.6 Å². The first kappa shape index (κ1) is 43.6. The molecule has 1 aliphatic carbocycles. The van der Waals surface area contributed by atoms with Crippen LogP contribution in [0.25, 0.3) is 0 Å². The highest BCUT2D eigenvalue weighted by Gasteiger charge is 2.67. The number of hydrogen-bond acceptors (Lipinski definition) is 15. The van der Waals surface area contributed by atoms with Gasteiger partial charge in [0.25, 0.3) is 6.48 Å². The van der Waals surface area contributed by atoms with Gasteiger partial charge in [0.05, 0.1) is 13.2 Å². The summed E-state index contributed by atoms with van der Waals surface area (Å²) in [6.45, 7) is 3.49. The molecule has 49 heavy (non-hydrogen) atoms. The lowest BCUT2D eigenvalue weighted by molar-refractivity contribution is -0.476. The summed E-state index contributed by atoms with van der Waals surface area (Å²) >= 11 is 0. The second-order valence-corrected chi connectivity index (χ2v) is 17.8. The smallest absolute Gasteiger partial charge is 0.321 e. The van der Waals surface area contributed by atoms with Crippen LogP contribution in [0, 0.1) is 0 Å². The summed E-state index contributed by atoms with van der Waals surface area (Å²) in [5, 5.41) is 0. The number of unbranched alkanes of at least 4 members (excludes halogenated alkanes) is 14. The highest BCUT2D eigenvalue weighted by Crippen LogP contribution is 2.60. The van der Waals surface area contributed by atoms with Gasteiger partial charge in [-0.3, -0.25) is 40.7 Å². The van der Waals surface area contributed by atoms with Gasteiger partial charge in [-0.05, 0) is 12.8 Å². The number of hydrogen-bond donors (Lipinski definition) is 0. The van der Waals surface area contributed by atoms with Crippen molar-refractivity contribution >= 4 is 23.5 Å². The Bertz CT molecular complexity index is 979. The van der Waals surface area contributed by atoms with Crippen molar-refractivity contribution in [3.05, 3.63) is 0 Å². The van der Waals surface area contributed by atoms with E-state index in [9.17, 15) is 13.7 Å². The van der Waals surface area contributed by atoms with Gasteiger partial charge in [0, 0.05) is 28.4 Å². The molecule has 4 aliphatic rings. The summed E-state index contributed by atoms with van der Waals surface area (Å²) in [6.07, 6.45) is 10.3. The topological polar surface area (TPSA) is 162 Å². The maximum atomic E-state index is 14.3. The second kappa shape index (κ2) is 22.4. The van der Waals surface area contributed by atoms with Gasteiger partial charge in [-0.25, -0.2) is 13.7 Å². The molecule has 15 nitrogen and oxygen atoms in total. The summed E-state index contributed by atoms with van der Waals surface area (Å²) in [4.78, 5) is 0. The fraction of sp³-hybridized carbons (Fsp3) is 1.00. The zero-order chi connectivity index (χ0) is 35.8. The third-order valence-electron chi connectivity index (χ3n) is 8.89. The van der Waals surface area contributed by atoms with E-state index in [1.165, 1.54) is 51.4 Å². The molecule has 3 unspecified atom stereocenters. The fourth-order valence-corrected chi connectivity index (χ4v) is 9.28. The number of phosphoric ester groups is 3. The molecule has 0 spiro atoms. The molecule has 3 saturated heterocycles. The van der Waals surface area contributed by atoms with Crippen molar-refractivity contribution in [3.8, 4) is 0 Å². The largest absolute Gasteiger partial charge is 0.475 e. The normalized spacial score (nSPS) is 26.9. The van der Waals surface area contributed by atoms with E-state index in [1.54, 1.807) is 0 Å². The van der Waals surface area contributed by atoms with Crippen molar-refractivity contribution < 1.29 is 68.6 Å². The molecule has 3 aliphatic heterocycles. The van der Waals surface area contributed by atoms with Crippen LogP contribution in [0.2, 0.25) is 0 Å². The van der Waals surface area contributed by atoms with E-state index in [-0.39, 0.29) is 13.2 Å². The van der Waals surface area contributed by atoms with Crippen molar-refractivity contribution in [1.29, 1.82) is 0 Å². The van der Waals surface area contributed by atoms with Gasteiger partial charge in [0.2, 0.25) is 0 Å². The molecule has 1 saturated carbocycles. The molecule has 4 rings (SSSR count). The first-order chi connectivity index (χ1) is 23.6. The van der Waals surface area contributed by atoms with Crippen molar-refractivity contribution in [2.75, 3.05) is 41.7 Å². The Labute approximate surface area is 293 Å². The van der Waals surface area contributed by atoms with Crippen LogP contribution in [-0.4, -0.2) is 84.8 Å². The van der Waals surface area contributed by atoms with E-state index in [0.29, 0.717) is 12.8 Å². The molecule has 0 N–H and O–H groups in total. The maximum absolute atomic E-state index is 14.3. The van der Waals surface area contributed by atoms with Crippen LogP contribution >= 0.6 is 23.5 Å². The third kappa shape index (κ3) is 13.5. The molecule has 290 valence electrons. The van der Waals surface area contributed by atoms with Crippen molar-refractivity contribution in [1.82, 2.24) is 0 Å². The van der Waals surface area contributed by atoms with Gasteiger partial charge in [0.15, 0.2) is 0 Å². The van der Waals surface area contributed by atoms with E-state index in [4.69, 9.17) is 54.9 Å². The summed E-state index contributed by atoms with van der Waals surface area (Å²) in [5.74, 6) is 0. The Hall–Kier alpha value is 0.210. The zero-order valence-corrected chi connectivity index (χ0v) is 32.9. The van der Waals surface area contributed by atoms with Gasteiger partial charge >= 0.3 is 23.5 Å². The quantitative estimate of drug-likeness (QED) is 0.0503. The molecule has 0 aromatic rings. The van der Waals surface area contributed by atoms with Crippen LogP contribution in [0.1, 0.15) is 117 Å². The van der Waals surface area contributed by atoms with Crippen molar-refractivity contribution in [2.45, 2.75) is 160 Å². The molecule has 0 aromatic heterocycles. The monoisotopic (exact) mass is 766 g/mol. The molecule has 3 heterocycles. The molecule has 0 aromatic carbocycles. The lowest BCUT2D eigenvalue weighted by Gasteiger charge is -2.58. The van der Waals surface area contributed by atoms with Crippen LogP contribution < -0.4 is 0 Å². The SMILES string of the molecule is CCCCCCCCCCOP(=O)(OCCCCCCCCCC)OC1[C@H]2OC3OC([C@@H]2OP(=O)(OC)OC)[C@H](OP(=O)(OC)OC)[C@H]1O3. The Morgan fingerprint density at radius 3 is 1.02 bits per heavy atom. The van der Waals surface area contributed by atoms with E-state index >= 15 is 0 Å². The van der Waals surface area contributed by atoms with Crippen LogP contribution in [0.3, 0.4) is 0 Å². The molecule has 7 atom stereocenters. The van der Waals surface area contributed by atoms with Gasteiger partial charge < -0.3 is 14.2 Å². The van der Waals surface area contributed by atoms with Gasteiger partial charge in [-0.1, -0.05) is 104 Å². The first-order valence-electron chi connectivity index (χ1n) is 17.9. The number of rotatable bonds is 30. The van der Waals surface area contributed by atoms with E-state index < -0.39 is 66.6 Å². The predicted octanol–water partition coefficient (Wildman–Crippen LogP) is 8.85. The minimum Gasteiger partial charge on any atom is -0.321 e. The Kier molecular flexibility index (Phi) is 20.0. The van der Waals surface area contributed by atoms with E-state index in [1.807, 2.05) is 0 Å². The maximum Gasteiger partial charge on any atom is 0.475 e. The summed E-state index contributed by atoms with van der Waals surface area (Å²) < 4.78 is 108. The summed E-state index contributed by atoms with van der Waals surface area (Å²) in [7, 11) is -7.88. The molecule has 18 heteroatoms. The number of ether oxygens (including phenoxy) is 3.